The van der Waals surface area contributed by atoms with Gasteiger partial charge in [-0.1, -0.05) is 38.5 Å². The van der Waals surface area contributed by atoms with Crippen LogP contribution in [0.2, 0.25) is 0 Å². The van der Waals surface area contributed by atoms with Gasteiger partial charge >= 0.3 is 5.97 Å². The topological polar surface area (TPSA) is 64.0 Å². The molecule has 0 aromatic rings. The second-order valence-electron chi connectivity index (χ2n) is 9.45. The quantitative estimate of drug-likeness (QED) is 0.477. The van der Waals surface area contributed by atoms with Crippen LogP contribution in [-0.4, -0.2) is 57.0 Å². The lowest BCUT2D eigenvalue weighted by molar-refractivity contribution is -0.251. The smallest absolute Gasteiger partial charge is 0.303 e. The summed E-state index contributed by atoms with van der Waals surface area (Å²) in [5.41, 5.74) is -0.359. The maximum atomic E-state index is 10.4. The Kier molecular flexibility index (Phi) is 9.56. The van der Waals surface area contributed by atoms with Gasteiger partial charge in [-0.2, -0.15) is 5.06 Å². The minimum absolute atomic E-state index is 0.179. The molecule has 0 bridgehead atoms. The van der Waals surface area contributed by atoms with E-state index in [2.05, 4.69) is 39.6 Å². The molecule has 1 saturated heterocycles. The molecule has 2 N–H and O–H groups in total. The Morgan fingerprint density at radius 2 is 1.35 bits per heavy atom. The van der Waals surface area contributed by atoms with Crippen LogP contribution >= 0.6 is 0 Å². The van der Waals surface area contributed by atoms with Crippen molar-refractivity contribution in [3.05, 3.63) is 0 Å². The van der Waals surface area contributed by atoms with Crippen LogP contribution in [0.5, 0.6) is 0 Å². The van der Waals surface area contributed by atoms with Crippen LogP contribution in [0.25, 0.3) is 0 Å². The normalized spacial score (nSPS) is 20.6. The standard InChI is InChI=1S/C21H42N2O3/c1-20(2)16-18(17-21(3,4)23(20)26)22(5)15-13-11-9-7-6-8-10-12-14-19(24)25/h18,26H,6-17H2,1-5H3,(H,24,25). The molecule has 0 saturated carbocycles. The Balaban J connectivity index is 2.13. The van der Waals surface area contributed by atoms with Crippen molar-refractivity contribution < 1.29 is 15.1 Å². The molecule has 1 heterocycles. The van der Waals surface area contributed by atoms with Crippen molar-refractivity contribution in [3.8, 4) is 0 Å². The van der Waals surface area contributed by atoms with Crippen molar-refractivity contribution in [2.24, 2.45) is 0 Å². The number of hydrogen-bond donors (Lipinski definition) is 2. The summed E-state index contributed by atoms with van der Waals surface area (Å²) in [6.07, 6.45) is 11.6. The number of aliphatic carboxylic acids is 1. The van der Waals surface area contributed by atoms with Gasteiger partial charge in [0.25, 0.3) is 0 Å². The summed E-state index contributed by atoms with van der Waals surface area (Å²) >= 11 is 0. The molecule has 5 nitrogen and oxygen atoms in total. The number of carboxylic acid groups (broad SMARTS) is 1. The molecule has 154 valence electrons. The van der Waals surface area contributed by atoms with Crippen molar-refractivity contribution in [1.82, 2.24) is 9.96 Å². The summed E-state index contributed by atoms with van der Waals surface area (Å²) in [5.74, 6) is -0.675. The molecule has 0 amide bonds. The first-order valence-electron chi connectivity index (χ1n) is 10.5. The Bertz CT molecular complexity index is 405. The zero-order valence-electron chi connectivity index (χ0n) is 17.8. The van der Waals surface area contributed by atoms with Crippen molar-refractivity contribution in [2.75, 3.05) is 13.6 Å². The second kappa shape index (κ2) is 10.6. The summed E-state index contributed by atoms with van der Waals surface area (Å²) in [7, 11) is 2.23. The van der Waals surface area contributed by atoms with E-state index in [-0.39, 0.29) is 11.1 Å². The van der Waals surface area contributed by atoms with E-state index in [1.807, 2.05) is 0 Å². The monoisotopic (exact) mass is 370 g/mol. The molecular weight excluding hydrogens is 328 g/mol. The number of nitrogens with zero attached hydrogens (tertiary/aromatic N) is 2. The van der Waals surface area contributed by atoms with Gasteiger partial charge in [0.05, 0.1) is 0 Å². The molecule has 1 fully saturated rings. The van der Waals surface area contributed by atoms with Crippen molar-refractivity contribution >= 4 is 5.97 Å². The fourth-order valence-corrected chi connectivity index (χ4v) is 4.41. The summed E-state index contributed by atoms with van der Waals surface area (Å²) < 4.78 is 0. The Morgan fingerprint density at radius 3 is 1.81 bits per heavy atom. The van der Waals surface area contributed by atoms with E-state index < -0.39 is 5.97 Å². The molecule has 5 heteroatoms. The van der Waals surface area contributed by atoms with Crippen LogP contribution in [0.15, 0.2) is 0 Å². The molecule has 0 unspecified atom stereocenters. The molecule has 26 heavy (non-hydrogen) atoms. The summed E-state index contributed by atoms with van der Waals surface area (Å²) in [5, 5.41) is 20.6. The summed E-state index contributed by atoms with van der Waals surface area (Å²) in [6, 6.07) is 0.526. The Labute approximate surface area is 160 Å². The van der Waals surface area contributed by atoms with E-state index in [9.17, 15) is 10.0 Å². The third-order valence-corrected chi connectivity index (χ3v) is 5.89. The molecule has 0 radical (unpaired) electrons. The summed E-state index contributed by atoms with van der Waals surface area (Å²) in [6.45, 7) is 9.65. The number of piperidine rings is 1. The first-order valence-corrected chi connectivity index (χ1v) is 10.5. The number of carbonyl (C=O) groups is 1. The van der Waals surface area contributed by atoms with Gasteiger partial charge in [-0.15, -0.1) is 0 Å². The minimum atomic E-state index is -0.675. The number of rotatable bonds is 12. The first-order chi connectivity index (χ1) is 12.1. The third kappa shape index (κ3) is 7.93. The van der Waals surface area contributed by atoms with Gasteiger partial charge in [0.2, 0.25) is 0 Å². The lowest BCUT2D eigenvalue weighted by atomic mass is 9.78. The van der Waals surface area contributed by atoms with E-state index in [0.29, 0.717) is 12.5 Å². The number of carboxylic acids is 1. The fraction of sp³-hybridized carbons (Fsp3) is 0.952. The Morgan fingerprint density at radius 1 is 0.923 bits per heavy atom. The van der Waals surface area contributed by atoms with E-state index >= 15 is 0 Å². The van der Waals surface area contributed by atoms with Gasteiger partial charge in [0, 0.05) is 23.5 Å². The van der Waals surface area contributed by atoms with Crippen molar-refractivity contribution in [3.63, 3.8) is 0 Å². The first kappa shape index (κ1) is 23.4. The van der Waals surface area contributed by atoms with Crippen LogP contribution in [0.4, 0.5) is 0 Å². The number of hydroxylamine groups is 2. The molecule has 0 spiro atoms. The average molecular weight is 371 g/mol. The molecular formula is C21H42N2O3. The predicted octanol–water partition coefficient (Wildman–Crippen LogP) is 4.92. The minimum Gasteiger partial charge on any atom is -0.481 e. The maximum Gasteiger partial charge on any atom is 0.303 e. The lowest BCUT2D eigenvalue weighted by Gasteiger charge is -2.53. The molecule has 0 aromatic heterocycles. The second-order valence-corrected chi connectivity index (χ2v) is 9.45. The number of hydrogen-bond acceptors (Lipinski definition) is 4. The van der Waals surface area contributed by atoms with Crippen LogP contribution in [-0.2, 0) is 4.79 Å². The molecule has 0 atom stereocenters. The van der Waals surface area contributed by atoms with Crippen LogP contribution < -0.4 is 0 Å². The molecule has 1 aliphatic rings. The highest BCUT2D eigenvalue weighted by Crippen LogP contribution is 2.38. The van der Waals surface area contributed by atoms with Gasteiger partial charge in [0.1, 0.15) is 0 Å². The van der Waals surface area contributed by atoms with E-state index in [0.717, 1.165) is 38.6 Å². The summed E-state index contributed by atoms with van der Waals surface area (Å²) in [4.78, 5) is 12.9. The molecule has 1 rings (SSSR count). The fourth-order valence-electron chi connectivity index (χ4n) is 4.41. The zero-order chi connectivity index (χ0) is 19.8. The Hall–Kier alpha value is -0.650. The predicted molar refractivity (Wildman–Crippen MR) is 107 cm³/mol. The molecule has 0 aliphatic carbocycles. The highest BCUT2D eigenvalue weighted by Gasteiger charge is 2.45. The van der Waals surface area contributed by atoms with Gasteiger partial charge in [-0.25, -0.2) is 0 Å². The SMILES string of the molecule is CN(CCCCCCCCCCC(=O)O)C1CC(C)(C)N(O)C(C)(C)C1. The van der Waals surface area contributed by atoms with Crippen molar-refractivity contribution in [2.45, 2.75) is 115 Å². The van der Waals surface area contributed by atoms with Crippen LogP contribution in [0.1, 0.15) is 98.3 Å². The zero-order valence-corrected chi connectivity index (χ0v) is 17.8. The third-order valence-electron chi connectivity index (χ3n) is 5.89. The van der Waals surface area contributed by atoms with Gasteiger partial charge in [0.15, 0.2) is 0 Å². The average Bonchev–Trinajstić information content (AvgIpc) is 2.53. The maximum absolute atomic E-state index is 10.4. The molecule has 1 aliphatic heterocycles. The number of unbranched alkanes of at least 4 members (excludes halogenated alkanes) is 7. The van der Waals surface area contributed by atoms with Gasteiger partial charge < -0.3 is 15.2 Å². The van der Waals surface area contributed by atoms with E-state index in [1.165, 1.54) is 32.1 Å². The van der Waals surface area contributed by atoms with E-state index in [1.54, 1.807) is 5.06 Å². The van der Waals surface area contributed by atoms with Gasteiger partial charge in [-0.3, -0.25) is 4.79 Å². The van der Waals surface area contributed by atoms with Crippen LogP contribution in [0.3, 0.4) is 0 Å². The van der Waals surface area contributed by atoms with E-state index in [4.69, 9.17) is 5.11 Å². The van der Waals surface area contributed by atoms with Crippen LogP contribution in [0, 0.1) is 0 Å². The largest absolute Gasteiger partial charge is 0.481 e. The lowest BCUT2D eigenvalue weighted by Crippen LogP contribution is -2.62. The van der Waals surface area contributed by atoms with Crippen molar-refractivity contribution in [1.29, 1.82) is 0 Å². The van der Waals surface area contributed by atoms with Gasteiger partial charge in [-0.05, 0) is 67.0 Å². The highest BCUT2D eigenvalue weighted by atomic mass is 16.5. The molecule has 0 aromatic carbocycles. The highest BCUT2D eigenvalue weighted by molar-refractivity contribution is 5.66.